The average Bonchev–Trinajstić information content (AvgIpc) is 3.14. The number of amides is 2. The van der Waals surface area contributed by atoms with Crippen molar-refractivity contribution in [3.8, 4) is 0 Å². The van der Waals surface area contributed by atoms with Gasteiger partial charge in [0, 0.05) is 25.2 Å². The molecule has 3 rings (SSSR count). The lowest BCUT2D eigenvalue weighted by Gasteiger charge is -2.30. The average molecular weight is 419 g/mol. The number of primary amides is 1. The highest BCUT2D eigenvalue weighted by Gasteiger charge is 2.62. The lowest BCUT2D eigenvalue weighted by atomic mass is 9.85. The third-order valence-electron chi connectivity index (χ3n) is 5.49. The van der Waals surface area contributed by atoms with Gasteiger partial charge in [0.15, 0.2) is 5.41 Å². The van der Waals surface area contributed by atoms with E-state index in [2.05, 4.69) is 5.32 Å². The topological polar surface area (TPSA) is 75.4 Å². The van der Waals surface area contributed by atoms with Gasteiger partial charge in [0.05, 0.1) is 0 Å². The number of rotatable bonds is 7. The van der Waals surface area contributed by atoms with Gasteiger partial charge in [-0.1, -0.05) is 42.5 Å². The van der Waals surface area contributed by atoms with Gasteiger partial charge in [0.25, 0.3) is 0 Å². The molecule has 1 saturated heterocycles. The standard InChI is InChI=1S/C22H24F3N3O2/c23-22(24,25)21(10-12-28(15-21)14-17-5-2-1-3-6-17)20(30)27-11-9-16-7-4-8-18(13-16)19(26)29/h1-8,13H,9-12,14-15H2,(H2,26,29)(H,27,30). The molecule has 5 nitrogen and oxygen atoms in total. The van der Waals surface area contributed by atoms with Gasteiger partial charge >= 0.3 is 6.18 Å². The molecule has 0 aromatic heterocycles. The molecule has 1 aliphatic heterocycles. The van der Waals surface area contributed by atoms with Crippen LogP contribution in [0.2, 0.25) is 0 Å². The monoisotopic (exact) mass is 419 g/mol. The van der Waals surface area contributed by atoms with Crippen molar-refractivity contribution in [1.82, 2.24) is 10.2 Å². The van der Waals surface area contributed by atoms with Gasteiger partial charge in [-0.15, -0.1) is 0 Å². The fourth-order valence-electron chi connectivity index (χ4n) is 3.78. The lowest BCUT2D eigenvalue weighted by Crippen LogP contribution is -2.52. The number of benzene rings is 2. The summed E-state index contributed by atoms with van der Waals surface area (Å²) in [6.45, 7) is 0.236. The molecule has 1 fully saturated rings. The fourth-order valence-corrected chi connectivity index (χ4v) is 3.78. The molecule has 0 saturated carbocycles. The van der Waals surface area contributed by atoms with Crippen LogP contribution in [0.25, 0.3) is 0 Å². The van der Waals surface area contributed by atoms with Crippen LogP contribution in [0.1, 0.15) is 27.9 Å². The number of nitrogens with one attached hydrogen (secondary N) is 1. The van der Waals surface area contributed by atoms with Crippen LogP contribution in [0.3, 0.4) is 0 Å². The number of alkyl halides is 3. The van der Waals surface area contributed by atoms with Crippen molar-refractivity contribution >= 4 is 11.8 Å². The highest BCUT2D eigenvalue weighted by molar-refractivity contribution is 5.92. The van der Waals surface area contributed by atoms with Crippen LogP contribution in [0, 0.1) is 5.41 Å². The van der Waals surface area contributed by atoms with Gasteiger partial charge in [-0.05, 0) is 42.6 Å². The molecule has 160 valence electrons. The van der Waals surface area contributed by atoms with Gasteiger partial charge in [0.2, 0.25) is 11.8 Å². The zero-order chi connectivity index (χ0) is 21.8. The molecular formula is C22H24F3N3O2. The number of carbonyl (C=O) groups excluding carboxylic acids is 2. The number of hydrogen-bond donors (Lipinski definition) is 2. The minimum atomic E-state index is -4.64. The van der Waals surface area contributed by atoms with E-state index >= 15 is 0 Å². The zero-order valence-corrected chi connectivity index (χ0v) is 16.4. The Balaban J connectivity index is 1.63. The third-order valence-corrected chi connectivity index (χ3v) is 5.49. The maximum absolute atomic E-state index is 13.9. The minimum absolute atomic E-state index is 0.0392. The van der Waals surface area contributed by atoms with Crippen molar-refractivity contribution < 1.29 is 22.8 Å². The maximum atomic E-state index is 13.9. The molecule has 1 unspecified atom stereocenters. The summed E-state index contributed by atoms with van der Waals surface area (Å²) < 4.78 is 41.8. The highest BCUT2D eigenvalue weighted by Crippen LogP contribution is 2.46. The molecule has 0 bridgehead atoms. The van der Waals surface area contributed by atoms with Crippen molar-refractivity contribution in [3.63, 3.8) is 0 Å². The molecule has 1 aliphatic rings. The molecule has 2 aromatic rings. The van der Waals surface area contributed by atoms with Crippen LogP contribution in [-0.4, -0.2) is 42.5 Å². The second-order valence-corrected chi connectivity index (χ2v) is 7.60. The smallest absolute Gasteiger partial charge is 0.366 e. The van der Waals surface area contributed by atoms with Crippen molar-refractivity contribution in [3.05, 3.63) is 71.3 Å². The van der Waals surface area contributed by atoms with Crippen LogP contribution in [0.5, 0.6) is 0 Å². The summed E-state index contributed by atoms with van der Waals surface area (Å²) in [5.41, 5.74) is 4.76. The first-order valence-electron chi connectivity index (χ1n) is 9.71. The van der Waals surface area contributed by atoms with Crippen molar-refractivity contribution in [2.75, 3.05) is 19.6 Å². The predicted octanol–water partition coefficient (Wildman–Crippen LogP) is 2.90. The summed E-state index contributed by atoms with van der Waals surface area (Å²) >= 11 is 0. The van der Waals surface area contributed by atoms with E-state index in [1.165, 1.54) is 0 Å². The van der Waals surface area contributed by atoms with Crippen molar-refractivity contribution in [2.24, 2.45) is 11.1 Å². The van der Waals surface area contributed by atoms with E-state index in [-0.39, 0.29) is 26.1 Å². The summed E-state index contributed by atoms with van der Waals surface area (Å²) in [6.07, 6.45) is -4.62. The molecule has 0 aliphatic carbocycles. The summed E-state index contributed by atoms with van der Waals surface area (Å²) in [7, 11) is 0. The van der Waals surface area contributed by atoms with E-state index in [0.717, 1.165) is 5.56 Å². The maximum Gasteiger partial charge on any atom is 0.404 e. The summed E-state index contributed by atoms with van der Waals surface area (Å²) in [4.78, 5) is 25.6. The van der Waals surface area contributed by atoms with Crippen molar-refractivity contribution in [2.45, 2.75) is 25.6 Å². The third kappa shape index (κ3) is 4.81. The second-order valence-electron chi connectivity index (χ2n) is 7.60. The van der Waals surface area contributed by atoms with E-state index in [0.29, 0.717) is 24.1 Å². The Labute approximate surface area is 173 Å². The Bertz CT molecular complexity index is 902. The van der Waals surface area contributed by atoms with Gasteiger partial charge in [0.1, 0.15) is 0 Å². The molecule has 8 heteroatoms. The number of hydrogen-bond acceptors (Lipinski definition) is 3. The summed E-state index contributed by atoms with van der Waals surface area (Å²) in [5, 5.41) is 2.45. The minimum Gasteiger partial charge on any atom is -0.366 e. The Kier molecular flexibility index (Phi) is 6.45. The quantitative estimate of drug-likeness (QED) is 0.725. The Morgan fingerprint density at radius 3 is 2.43 bits per heavy atom. The summed E-state index contributed by atoms with van der Waals surface area (Å²) in [6, 6.07) is 15.7. The van der Waals surface area contributed by atoms with Crippen LogP contribution in [0.4, 0.5) is 13.2 Å². The first-order valence-corrected chi connectivity index (χ1v) is 9.71. The first-order chi connectivity index (χ1) is 14.2. The molecule has 2 amide bonds. The lowest BCUT2D eigenvalue weighted by molar-refractivity contribution is -0.218. The summed E-state index contributed by atoms with van der Waals surface area (Å²) in [5.74, 6) is -1.59. The van der Waals surface area contributed by atoms with Crippen LogP contribution in [0.15, 0.2) is 54.6 Å². The highest BCUT2D eigenvalue weighted by atomic mass is 19.4. The van der Waals surface area contributed by atoms with Crippen LogP contribution < -0.4 is 11.1 Å². The Morgan fingerprint density at radius 2 is 1.77 bits per heavy atom. The molecule has 0 spiro atoms. The molecule has 30 heavy (non-hydrogen) atoms. The second kappa shape index (κ2) is 8.87. The van der Waals surface area contributed by atoms with Crippen LogP contribution in [-0.2, 0) is 17.8 Å². The molecule has 1 atom stereocenters. The van der Waals surface area contributed by atoms with Gasteiger partial charge in [-0.25, -0.2) is 0 Å². The Hall–Kier alpha value is -2.87. The number of nitrogens with two attached hydrogens (primary N) is 1. The van der Waals surface area contributed by atoms with Gasteiger partial charge < -0.3 is 11.1 Å². The predicted molar refractivity (Wildman–Crippen MR) is 106 cm³/mol. The number of carbonyl (C=O) groups is 2. The van der Waals surface area contributed by atoms with E-state index in [9.17, 15) is 22.8 Å². The molecule has 3 N–H and O–H groups in total. The van der Waals surface area contributed by atoms with Gasteiger partial charge in [-0.2, -0.15) is 13.2 Å². The molecule has 2 aromatic carbocycles. The number of nitrogens with zero attached hydrogens (tertiary/aromatic N) is 1. The number of likely N-dealkylation sites (tertiary alicyclic amines) is 1. The number of halogens is 3. The normalized spacial score (nSPS) is 19.6. The zero-order valence-electron chi connectivity index (χ0n) is 16.4. The molecule has 1 heterocycles. The van der Waals surface area contributed by atoms with Crippen molar-refractivity contribution in [1.29, 1.82) is 0 Å². The first kappa shape index (κ1) is 21.8. The fraction of sp³-hybridized carbons (Fsp3) is 0.364. The van der Waals surface area contributed by atoms with E-state index in [1.807, 2.05) is 30.3 Å². The van der Waals surface area contributed by atoms with E-state index in [4.69, 9.17) is 5.73 Å². The van der Waals surface area contributed by atoms with Crippen LogP contribution >= 0.6 is 0 Å². The largest absolute Gasteiger partial charge is 0.404 e. The molecular weight excluding hydrogens is 395 g/mol. The molecule has 0 radical (unpaired) electrons. The van der Waals surface area contributed by atoms with E-state index < -0.39 is 23.4 Å². The SMILES string of the molecule is NC(=O)c1cccc(CCNC(=O)C2(C(F)(F)F)CCN(Cc3ccccc3)C2)c1. The van der Waals surface area contributed by atoms with E-state index in [1.54, 1.807) is 29.2 Å². The van der Waals surface area contributed by atoms with Gasteiger partial charge in [-0.3, -0.25) is 14.5 Å². The Morgan fingerprint density at radius 1 is 1.07 bits per heavy atom.